The first-order valence-corrected chi connectivity index (χ1v) is 2.25. The SMILES string of the molecule is COCCC[C-]=O.[Na+].[OH3+]. The molecule has 4 heteroatoms. The van der Waals surface area contributed by atoms with E-state index < -0.39 is 0 Å². The molecule has 0 aromatic heterocycles. The maximum absolute atomic E-state index is 9.50. The van der Waals surface area contributed by atoms with Gasteiger partial charge in [-0.1, -0.05) is 6.42 Å². The topological polar surface area (TPSA) is 59.3 Å². The van der Waals surface area contributed by atoms with E-state index in [1.54, 1.807) is 13.4 Å². The summed E-state index contributed by atoms with van der Waals surface area (Å²) in [5.74, 6) is 0. The van der Waals surface area contributed by atoms with E-state index in [-0.39, 0.29) is 35.0 Å². The van der Waals surface area contributed by atoms with Crippen LogP contribution in [0.3, 0.4) is 0 Å². The van der Waals surface area contributed by atoms with E-state index in [1.807, 2.05) is 0 Å². The van der Waals surface area contributed by atoms with Crippen LogP contribution in [0.4, 0.5) is 0 Å². The van der Waals surface area contributed by atoms with Gasteiger partial charge in [-0.2, -0.15) is 6.42 Å². The summed E-state index contributed by atoms with van der Waals surface area (Å²) in [7, 11) is 1.62. The number of unbranched alkanes of at least 4 members (excludes halogenated alkanes) is 1. The van der Waals surface area contributed by atoms with Crippen molar-refractivity contribution in [2.45, 2.75) is 12.8 Å². The van der Waals surface area contributed by atoms with Gasteiger partial charge < -0.3 is 15.0 Å². The molecule has 0 unspecified atom stereocenters. The molecule has 3 N–H and O–H groups in total. The Bertz CT molecular complexity index is 49.5. The number of methoxy groups -OCH3 is 1. The van der Waals surface area contributed by atoms with Gasteiger partial charge in [-0.3, -0.25) is 6.29 Å². The number of hydrogen-bond acceptors (Lipinski definition) is 2. The number of rotatable bonds is 4. The van der Waals surface area contributed by atoms with E-state index in [1.165, 1.54) is 0 Å². The van der Waals surface area contributed by atoms with Gasteiger partial charge in [0.1, 0.15) is 0 Å². The molecule has 0 bridgehead atoms. The second kappa shape index (κ2) is 15.8. The van der Waals surface area contributed by atoms with Crippen LogP contribution >= 0.6 is 0 Å². The van der Waals surface area contributed by atoms with Gasteiger partial charge in [0.05, 0.1) is 0 Å². The molecule has 0 fully saturated rings. The van der Waals surface area contributed by atoms with Crippen LogP contribution in [0.1, 0.15) is 12.8 Å². The number of carbonyl (C=O) groups excluding carboxylic acids is 1. The van der Waals surface area contributed by atoms with E-state index >= 15 is 0 Å². The van der Waals surface area contributed by atoms with Crippen molar-refractivity contribution >= 4 is 6.29 Å². The molecule has 0 rings (SSSR count). The van der Waals surface area contributed by atoms with Crippen LogP contribution in [0.2, 0.25) is 0 Å². The Labute approximate surface area is 77.4 Å². The van der Waals surface area contributed by atoms with E-state index in [2.05, 4.69) is 4.74 Å². The largest absolute Gasteiger partial charge is 1.00 e. The molecule has 0 aliphatic carbocycles. The van der Waals surface area contributed by atoms with E-state index in [0.29, 0.717) is 13.0 Å². The maximum Gasteiger partial charge on any atom is 1.00 e. The zero-order chi connectivity index (χ0) is 5.54. The molecular formula is C5H12NaO3+. The summed E-state index contributed by atoms with van der Waals surface area (Å²) in [5.41, 5.74) is 0. The van der Waals surface area contributed by atoms with Crippen molar-refractivity contribution in [2.75, 3.05) is 13.7 Å². The standard InChI is InChI=1S/C5H9O2.Na.H2O/c1-7-5-3-2-4-6;;/h2-3,5H2,1H3;;1H2/q-1;+1;/p+1. The summed E-state index contributed by atoms with van der Waals surface area (Å²) in [6, 6.07) is 0. The quantitative estimate of drug-likeness (QED) is 0.178. The van der Waals surface area contributed by atoms with Gasteiger partial charge in [-0.15, -0.1) is 0 Å². The molecule has 50 valence electrons. The molecule has 0 amide bonds. The first-order valence-electron chi connectivity index (χ1n) is 2.25. The summed E-state index contributed by atoms with van der Waals surface area (Å²) in [5, 5.41) is 0. The van der Waals surface area contributed by atoms with Gasteiger partial charge in [0.2, 0.25) is 0 Å². The molecule has 0 atom stereocenters. The monoisotopic (exact) mass is 143 g/mol. The summed E-state index contributed by atoms with van der Waals surface area (Å²) >= 11 is 0. The van der Waals surface area contributed by atoms with Gasteiger partial charge in [0.15, 0.2) is 0 Å². The summed E-state index contributed by atoms with van der Waals surface area (Å²) in [4.78, 5) is 9.50. The Kier molecular flexibility index (Phi) is 28.7. The Morgan fingerprint density at radius 3 is 2.44 bits per heavy atom. The second-order valence-electron chi connectivity index (χ2n) is 1.24. The molecule has 0 aromatic carbocycles. The fourth-order valence-electron chi connectivity index (χ4n) is 0.289. The molecule has 0 aromatic rings. The Morgan fingerprint density at radius 1 is 1.56 bits per heavy atom. The summed E-state index contributed by atoms with van der Waals surface area (Å²) in [6.07, 6.45) is 3.06. The van der Waals surface area contributed by atoms with Crippen molar-refractivity contribution in [2.24, 2.45) is 0 Å². The maximum atomic E-state index is 9.50. The van der Waals surface area contributed by atoms with Crippen LogP contribution in [-0.4, -0.2) is 20.0 Å². The molecule has 0 aliphatic heterocycles. The van der Waals surface area contributed by atoms with Crippen LogP contribution in [0.5, 0.6) is 0 Å². The van der Waals surface area contributed by atoms with Gasteiger partial charge in [0.25, 0.3) is 0 Å². The van der Waals surface area contributed by atoms with Crippen molar-refractivity contribution in [3.05, 3.63) is 0 Å². The van der Waals surface area contributed by atoms with Crippen LogP contribution in [-0.2, 0) is 15.0 Å². The summed E-state index contributed by atoms with van der Waals surface area (Å²) < 4.78 is 4.66. The first-order chi connectivity index (χ1) is 3.41. The minimum absolute atomic E-state index is 0. The third-order valence-electron chi connectivity index (χ3n) is 0.627. The fourth-order valence-corrected chi connectivity index (χ4v) is 0.289. The van der Waals surface area contributed by atoms with E-state index in [0.717, 1.165) is 6.42 Å². The summed E-state index contributed by atoms with van der Waals surface area (Å²) in [6.45, 7) is 0.662. The first kappa shape index (κ1) is 16.3. The van der Waals surface area contributed by atoms with E-state index in [9.17, 15) is 4.79 Å². The molecule has 0 aliphatic rings. The molecule has 0 saturated heterocycles. The Balaban J connectivity index is -0.000000180. The van der Waals surface area contributed by atoms with Crippen LogP contribution in [0, 0.1) is 0 Å². The zero-order valence-electron chi connectivity index (χ0n) is 6.02. The predicted molar refractivity (Wildman–Crippen MR) is 31.7 cm³/mol. The van der Waals surface area contributed by atoms with Crippen LogP contribution < -0.4 is 29.6 Å². The van der Waals surface area contributed by atoms with Crippen molar-refractivity contribution < 1.29 is 44.6 Å². The minimum atomic E-state index is 0. The molecule has 0 spiro atoms. The Morgan fingerprint density at radius 2 is 2.11 bits per heavy atom. The fraction of sp³-hybridized carbons (Fsp3) is 0.800. The average molecular weight is 143 g/mol. The van der Waals surface area contributed by atoms with Crippen molar-refractivity contribution in [3.8, 4) is 0 Å². The Hall–Kier alpha value is 0.590. The van der Waals surface area contributed by atoms with E-state index in [4.69, 9.17) is 0 Å². The van der Waals surface area contributed by atoms with Gasteiger partial charge in [0, 0.05) is 13.7 Å². The third kappa shape index (κ3) is 17.7. The zero-order valence-corrected chi connectivity index (χ0v) is 8.02. The average Bonchev–Trinajstić information content (AvgIpc) is 1.69. The molecule has 0 heterocycles. The third-order valence-corrected chi connectivity index (χ3v) is 0.627. The van der Waals surface area contributed by atoms with Crippen molar-refractivity contribution in [1.82, 2.24) is 0 Å². The molecule has 0 radical (unpaired) electrons. The molecular weight excluding hydrogens is 131 g/mol. The van der Waals surface area contributed by atoms with Crippen molar-refractivity contribution in [1.29, 1.82) is 0 Å². The predicted octanol–water partition coefficient (Wildman–Crippen LogP) is -3.40. The second-order valence-corrected chi connectivity index (χ2v) is 1.24. The smallest absolute Gasteiger partial charge is 0.542 e. The molecule has 3 nitrogen and oxygen atoms in total. The van der Waals surface area contributed by atoms with Gasteiger partial charge in [-0.05, 0) is 0 Å². The van der Waals surface area contributed by atoms with Gasteiger partial charge in [-0.25, -0.2) is 0 Å². The molecule has 9 heavy (non-hydrogen) atoms. The minimum Gasteiger partial charge on any atom is -0.542 e. The van der Waals surface area contributed by atoms with Crippen LogP contribution in [0.15, 0.2) is 0 Å². The number of ether oxygens (including phenoxy) is 1. The number of hydrogen-bond donors (Lipinski definition) is 0. The van der Waals surface area contributed by atoms with Gasteiger partial charge >= 0.3 is 29.6 Å². The normalized spacial score (nSPS) is 6.78. The molecule has 0 saturated carbocycles. The van der Waals surface area contributed by atoms with Crippen molar-refractivity contribution in [3.63, 3.8) is 0 Å². The van der Waals surface area contributed by atoms with Crippen LogP contribution in [0.25, 0.3) is 0 Å².